The van der Waals surface area contributed by atoms with Crippen molar-refractivity contribution in [1.29, 1.82) is 0 Å². The van der Waals surface area contributed by atoms with Gasteiger partial charge in [-0.1, -0.05) is 52.3 Å². The fraction of sp³-hybridized carbons (Fsp3) is 0.294. The summed E-state index contributed by atoms with van der Waals surface area (Å²) in [5.41, 5.74) is 5.41. The Morgan fingerprint density at radius 3 is 2.26 bits per heavy atom. The summed E-state index contributed by atoms with van der Waals surface area (Å²) in [6, 6.07) is 15.2. The predicted molar refractivity (Wildman–Crippen MR) is 85.3 cm³/mol. The molecule has 0 spiro atoms. The van der Waals surface area contributed by atoms with E-state index in [-0.39, 0.29) is 0 Å². The third-order valence-corrected chi connectivity index (χ3v) is 4.32. The van der Waals surface area contributed by atoms with Crippen molar-refractivity contribution in [3.63, 3.8) is 0 Å². The van der Waals surface area contributed by atoms with E-state index < -0.39 is 0 Å². The zero-order valence-corrected chi connectivity index (χ0v) is 13.3. The predicted octanol–water partition coefficient (Wildman–Crippen LogP) is 4.92. The smallest absolute Gasteiger partial charge is 0.0306 e. The van der Waals surface area contributed by atoms with Crippen molar-refractivity contribution in [2.45, 2.75) is 33.4 Å². The number of hydrogen-bond donors (Lipinski definition) is 1. The van der Waals surface area contributed by atoms with E-state index in [1.54, 1.807) is 0 Å². The van der Waals surface area contributed by atoms with E-state index in [2.05, 4.69) is 78.4 Å². The van der Waals surface area contributed by atoms with Gasteiger partial charge in [0.1, 0.15) is 0 Å². The first-order chi connectivity index (χ1) is 9.09. The molecule has 0 aromatic heterocycles. The van der Waals surface area contributed by atoms with Gasteiger partial charge in [-0.05, 0) is 49.1 Å². The molecule has 0 saturated carbocycles. The van der Waals surface area contributed by atoms with E-state index >= 15 is 0 Å². The Morgan fingerprint density at radius 1 is 1.00 bits per heavy atom. The number of hydrogen-bond acceptors (Lipinski definition) is 1. The molecule has 2 heteroatoms. The number of aryl methyl sites for hydroxylation is 2. The summed E-state index contributed by atoms with van der Waals surface area (Å²) in [6.45, 7) is 7.45. The van der Waals surface area contributed by atoms with Gasteiger partial charge in [0.05, 0.1) is 0 Å². The highest BCUT2D eigenvalue weighted by atomic mass is 79.9. The first kappa shape index (κ1) is 14.3. The molecule has 1 unspecified atom stereocenters. The third kappa shape index (κ3) is 3.46. The van der Waals surface area contributed by atoms with E-state index in [0.717, 1.165) is 11.0 Å². The summed E-state index contributed by atoms with van der Waals surface area (Å²) in [5, 5.41) is 3.61. The molecule has 0 aliphatic carbocycles. The normalized spacial score (nSPS) is 12.4. The number of rotatable bonds is 4. The van der Waals surface area contributed by atoms with E-state index in [0.29, 0.717) is 6.04 Å². The van der Waals surface area contributed by atoms with Crippen LogP contribution in [0, 0.1) is 13.8 Å². The molecule has 2 aromatic rings. The molecule has 100 valence electrons. The summed E-state index contributed by atoms with van der Waals surface area (Å²) >= 11 is 3.61. The van der Waals surface area contributed by atoms with Gasteiger partial charge >= 0.3 is 0 Å². The second kappa shape index (κ2) is 6.36. The van der Waals surface area contributed by atoms with Crippen LogP contribution in [-0.4, -0.2) is 0 Å². The molecule has 0 bridgehead atoms. The average Bonchev–Trinajstić information content (AvgIpc) is 2.38. The van der Waals surface area contributed by atoms with Crippen LogP contribution in [0.15, 0.2) is 46.9 Å². The topological polar surface area (TPSA) is 12.0 Å². The van der Waals surface area contributed by atoms with Gasteiger partial charge in [0.25, 0.3) is 0 Å². The molecule has 0 heterocycles. The Hall–Kier alpha value is -1.12. The van der Waals surface area contributed by atoms with E-state index in [1.165, 1.54) is 22.3 Å². The summed E-state index contributed by atoms with van der Waals surface area (Å²) in [7, 11) is 0. The van der Waals surface area contributed by atoms with Crippen molar-refractivity contribution >= 4 is 15.9 Å². The molecule has 1 atom stereocenters. The second-order valence-corrected chi connectivity index (χ2v) is 5.85. The minimum atomic E-state index is 0.328. The van der Waals surface area contributed by atoms with Gasteiger partial charge in [-0.25, -0.2) is 0 Å². The monoisotopic (exact) mass is 317 g/mol. The van der Waals surface area contributed by atoms with Crippen LogP contribution in [0.5, 0.6) is 0 Å². The van der Waals surface area contributed by atoms with E-state index in [1.807, 2.05) is 6.07 Å². The van der Waals surface area contributed by atoms with Crippen molar-refractivity contribution in [2.24, 2.45) is 0 Å². The summed E-state index contributed by atoms with van der Waals surface area (Å²) in [5.74, 6) is 0. The van der Waals surface area contributed by atoms with Crippen LogP contribution in [0.4, 0.5) is 0 Å². The Kier molecular flexibility index (Phi) is 4.78. The number of benzene rings is 2. The fourth-order valence-corrected chi connectivity index (χ4v) is 2.95. The van der Waals surface area contributed by atoms with Crippen LogP contribution in [0.25, 0.3) is 0 Å². The SMILES string of the molecule is Cc1cccc(C)c1CNC(C)c1ccccc1Br. The minimum Gasteiger partial charge on any atom is -0.306 e. The molecule has 0 aliphatic rings. The molecule has 19 heavy (non-hydrogen) atoms. The fourth-order valence-electron chi connectivity index (χ4n) is 2.32. The van der Waals surface area contributed by atoms with Gasteiger partial charge in [0, 0.05) is 17.1 Å². The first-order valence-electron chi connectivity index (χ1n) is 6.62. The maximum Gasteiger partial charge on any atom is 0.0306 e. The van der Waals surface area contributed by atoms with Crippen LogP contribution in [0.2, 0.25) is 0 Å². The molecule has 0 radical (unpaired) electrons. The second-order valence-electron chi connectivity index (χ2n) is 4.99. The van der Waals surface area contributed by atoms with Gasteiger partial charge in [-0.15, -0.1) is 0 Å². The quantitative estimate of drug-likeness (QED) is 0.844. The molecule has 2 rings (SSSR count). The Bertz CT molecular complexity index is 543. The summed E-state index contributed by atoms with van der Waals surface area (Å²) < 4.78 is 1.16. The molecular weight excluding hydrogens is 298 g/mol. The van der Waals surface area contributed by atoms with Gasteiger partial charge in [-0.3, -0.25) is 0 Å². The molecule has 0 amide bonds. The average molecular weight is 318 g/mol. The molecule has 1 nitrogen and oxygen atoms in total. The van der Waals surface area contributed by atoms with Crippen LogP contribution in [0.3, 0.4) is 0 Å². The Morgan fingerprint density at radius 2 is 1.63 bits per heavy atom. The zero-order valence-electron chi connectivity index (χ0n) is 11.7. The molecule has 0 saturated heterocycles. The highest BCUT2D eigenvalue weighted by Gasteiger charge is 2.09. The molecule has 0 aliphatic heterocycles. The molecule has 2 aromatic carbocycles. The van der Waals surface area contributed by atoms with Gasteiger partial charge in [0.15, 0.2) is 0 Å². The van der Waals surface area contributed by atoms with E-state index in [4.69, 9.17) is 0 Å². The van der Waals surface area contributed by atoms with Crippen molar-refractivity contribution in [2.75, 3.05) is 0 Å². The summed E-state index contributed by atoms with van der Waals surface area (Å²) in [6.07, 6.45) is 0. The lowest BCUT2D eigenvalue weighted by molar-refractivity contribution is 0.570. The standard InChI is InChI=1S/C17H20BrN/c1-12-7-6-8-13(2)16(12)11-19-14(3)15-9-4-5-10-17(15)18/h4-10,14,19H,11H2,1-3H3. The lowest BCUT2D eigenvalue weighted by Crippen LogP contribution is -2.19. The van der Waals surface area contributed by atoms with Crippen LogP contribution < -0.4 is 5.32 Å². The van der Waals surface area contributed by atoms with Gasteiger partial charge in [-0.2, -0.15) is 0 Å². The van der Waals surface area contributed by atoms with Crippen molar-refractivity contribution in [1.82, 2.24) is 5.32 Å². The zero-order chi connectivity index (χ0) is 13.8. The maximum atomic E-state index is 3.61. The Labute approximate surface area is 124 Å². The largest absolute Gasteiger partial charge is 0.306 e. The lowest BCUT2D eigenvalue weighted by Gasteiger charge is -2.18. The maximum absolute atomic E-state index is 3.61. The molecule has 1 N–H and O–H groups in total. The molecule has 0 fully saturated rings. The van der Waals surface area contributed by atoms with Crippen molar-refractivity contribution in [3.05, 3.63) is 69.2 Å². The van der Waals surface area contributed by atoms with Crippen LogP contribution in [0.1, 0.15) is 35.2 Å². The Balaban J connectivity index is 2.09. The highest BCUT2D eigenvalue weighted by Crippen LogP contribution is 2.23. The van der Waals surface area contributed by atoms with Crippen molar-refractivity contribution < 1.29 is 0 Å². The van der Waals surface area contributed by atoms with Crippen molar-refractivity contribution in [3.8, 4) is 0 Å². The van der Waals surface area contributed by atoms with Crippen LogP contribution >= 0.6 is 15.9 Å². The highest BCUT2D eigenvalue weighted by molar-refractivity contribution is 9.10. The minimum absolute atomic E-state index is 0.328. The molecular formula is C17H20BrN. The van der Waals surface area contributed by atoms with E-state index in [9.17, 15) is 0 Å². The summed E-state index contributed by atoms with van der Waals surface area (Å²) in [4.78, 5) is 0. The third-order valence-electron chi connectivity index (χ3n) is 3.60. The number of nitrogens with one attached hydrogen (secondary N) is 1. The van der Waals surface area contributed by atoms with Gasteiger partial charge < -0.3 is 5.32 Å². The van der Waals surface area contributed by atoms with Crippen LogP contribution in [-0.2, 0) is 6.54 Å². The lowest BCUT2D eigenvalue weighted by atomic mass is 10.0. The van der Waals surface area contributed by atoms with Gasteiger partial charge in [0.2, 0.25) is 0 Å². The number of halogens is 1. The first-order valence-corrected chi connectivity index (χ1v) is 7.42.